The van der Waals surface area contributed by atoms with Crippen molar-refractivity contribution in [2.45, 2.75) is 26.9 Å². The van der Waals surface area contributed by atoms with E-state index in [0.717, 1.165) is 34.9 Å². The maximum atomic E-state index is 4.45. The molecule has 0 amide bonds. The lowest BCUT2D eigenvalue weighted by molar-refractivity contribution is 0.551. The molecule has 2 aromatic rings. The number of anilines is 1. The first kappa shape index (κ1) is 16.4. The van der Waals surface area contributed by atoms with Crippen LogP contribution in [-0.4, -0.2) is 23.6 Å². The Morgan fingerprint density at radius 3 is 2.57 bits per heavy atom. The van der Waals surface area contributed by atoms with Gasteiger partial charge in [0.1, 0.15) is 0 Å². The van der Waals surface area contributed by atoms with Crippen molar-refractivity contribution >= 4 is 33.2 Å². The first-order valence-corrected chi connectivity index (χ1v) is 8.67. The van der Waals surface area contributed by atoms with Crippen LogP contribution in [0.3, 0.4) is 0 Å². The summed E-state index contributed by atoms with van der Waals surface area (Å²) in [7, 11) is 2.01. The zero-order valence-electron chi connectivity index (χ0n) is 12.6. The minimum Gasteiger partial charge on any atom is -0.340 e. The molecular formula is C15H21BrN4S. The Morgan fingerprint density at radius 2 is 2.00 bits per heavy atom. The smallest absolute Gasteiger partial charge is 0.225 e. The Morgan fingerprint density at radius 1 is 1.29 bits per heavy atom. The summed E-state index contributed by atoms with van der Waals surface area (Å²) >= 11 is 5.18. The van der Waals surface area contributed by atoms with Gasteiger partial charge in [0, 0.05) is 38.1 Å². The zero-order valence-corrected chi connectivity index (χ0v) is 15.0. The third-order valence-corrected chi connectivity index (χ3v) is 4.51. The fraction of sp³-hybridized carbons (Fsp3) is 0.467. The molecule has 0 aliphatic rings. The number of hydrogen-bond acceptors (Lipinski definition) is 5. The van der Waals surface area contributed by atoms with E-state index in [1.54, 1.807) is 11.3 Å². The lowest BCUT2D eigenvalue weighted by atomic mass is 10.2. The molecular weight excluding hydrogens is 348 g/mol. The highest BCUT2D eigenvalue weighted by Crippen LogP contribution is 2.22. The summed E-state index contributed by atoms with van der Waals surface area (Å²) < 4.78 is 1.15. The van der Waals surface area contributed by atoms with Crippen LogP contribution in [0, 0.1) is 5.92 Å². The fourth-order valence-corrected chi connectivity index (χ4v) is 3.12. The van der Waals surface area contributed by atoms with Crippen molar-refractivity contribution in [2.24, 2.45) is 5.92 Å². The molecule has 114 valence electrons. The van der Waals surface area contributed by atoms with Gasteiger partial charge in [-0.3, -0.25) is 0 Å². The number of thiophene rings is 1. The van der Waals surface area contributed by atoms with Gasteiger partial charge in [-0.15, -0.1) is 11.3 Å². The first-order chi connectivity index (χ1) is 10.0. The molecule has 0 fully saturated rings. The maximum absolute atomic E-state index is 4.45. The predicted octanol–water partition coefficient (Wildman–Crippen LogP) is 3.68. The van der Waals surface area contributed by atoms with Crippen molar-refractivity contribution in [1.29, 1.82) is 0 Å². The van der Waals surface area contributed by atoms with E-state index in [1.807, 2.05) is 19.4 Å². The summed E-state index contributed by atoms with van der Waals surface area (Å²) in [4.78, 5) is 10.9. The second-order valence-corrected chi connectivity index (χ2v) is 7.82. The first-order valence-electron chi connectivity index (χ1n) is 7.00. The summed E-state index contributed by atoms with van der Waals surface area (Å²) in [5.74, 6) is 1.41. The summed E-state index contributed by atoms with van der Waals surface area (Å²) in [5, 5.41) is 5.54. The standard InChI is InChI=1S/C15H21BrN4S/c1-11(2)5-17-6-13-7-18-15(19-8-13)20(3)9-12-4-14(16)21-10-12/h4,7-8,10-11,17H,5-6,9H2,1-3H3. The molecule has 0 aliphatic heterocycles. The van der Waals surface area contributed by atoms with Crippen molar-refractivity contribution in [3.05, 3.63) is 38.8 Å². The van der Waals surface area contributed by atoms with Crippen molar-refractivity contribution in [3.8, 4) is 0 Å². The number of halogens is 1. The van der Waals surface area contributed by atoms with Crippen LogP contribution in [0.5, 0.6) is 0 Å². The SMILES string of the molecule is CC(C)CNCc1cnc(N(C)Cc2csc(Br)c2)nc1. The molecule has 0 unspecified atom stereocenters. The molecule has 6 heteroatoms. The van der Waals surface area contributed by atoms with Gasteiger partial charge in [0.2, 0.25) is 5.95 Å². The van der Waals surface area contributed by atoms with Crippen LogP contribution in [0.2, 0.25) is 0 Å². The minimum absolute atomic E-state index is 0.654. The molecule has 0 spiro atoms. The second kappa shape index (κ2) is 7.87. The summed E-state index contributed by atoms with van der Waals surface area (Å²) in [6.07, 6.45) is 3.80. The van der Waals surface area contributed by atoms with Crippen LogP contribution in [-0.2, 0) is 13.1 Å². The summed E-state index contributed by atoms with van der Waals surface area (Å²) in [6, 6.07) is 2.13. The maximum Gasteiger partial charge on any atom is 0.225 e. The van der Waals surface area contributed by atoms with Gasteiger partial charge in [0.25, 0.3) is 0 Å². The van der Waals surface area contributed by atoms with Gasteiger partial charge < -0.3 is 10.2 Å². The Hall–Kier alpha value is -0.980. The lowest BCUT2D eigenvalue weighted by Crippen LogP contribution is -2.21. The van der Waals surface area contributed by atoms with E-state index in [4.69, 9.17) is 0 Å². The fourth-order valence-electron chi connectivity index (χ4n) is 1.91. The molecule has 4 nitrogen and oxygen atoms in total. The van der Waals surface area contributed by atoms with E-state index in [9.17, 15) is 0 Å². The monoisotopic (exact) mass is 368 g/mol. The van der Waals surface area contributed by atoms with Crippen LogP contribution in [0.1, 0.15) is 25.0 Å². The minimum atomic E-state index is 0.654. The van der Waals surface area contributed by atoms with Crippen LogP contribution in [0.15, 0.2) is 27.6 Å². The van der Waals surface area contributed by atoms with E-state index in [2.05, 4.69) is 61.4 Å². The van der Waals surface area contributed by atoms with E-state index in [0.29, 0.717) is 5.92 Å². The molecule has 21 heavy (non-hydrogen) atoms. The van der Waals surface area contributed by atoms with Crippen LogP contribution in [0.4, 0.5) is 5.95 Å². The van der Waals surface area contributed by atoms with Crippen molar-refractivity contribution in [2.75, 3.05) is 18.5 Å². The average molecular weight is 369 g/mol. The third-order valence-electron chi connectivity index (χ3n) is 2.96. The highest BCUT2D eigenvalue weighted by molar-refractivity contribution is 9.11. The van der Waals surface area contributed by atoms with Gasteiger partial charge in [-0.25, -0.2) is 9.97 Å². The van der Waals surface area contributed by atoms with E-state index >= 15 is 0 Å². The van der Waals surface area contributed by atoms with Gasteiger partial charge in [0.05, 0.1) is 3.79 Å². The Balaban J connectivity index is 1.88. The van der Waals surface area contributed by atoms with Crippen molar-refractivity contribution in [1.82, 2.24) is 15.3 Å². The van der Waals surface area contributed by atoms with Crippen LogP contribution in [0.25, 0.3) is 0 Å². The topological polar surface area (TPSA) is 41.1 Å². The average Bonchev–Trinajstić information content (AvgIpc) is 2.84. The Labute approximate surface area is 138 Å². The summed E-state index contributed by atoms with van der Waals surface area (Å²) in [6.45, 7) is 7.04. The van der Waals surface area contributed by atoms with Gasteiger partial charge in [-0.2, -0.15) is 0 Å². The molecule has 0 saturated heterocycles. The molecule has 0 aliphatic carbocycles. The van der Waals surface area contributed by atoms with Crippen molar-refractivity contribution in [3.63, 3.8) is 0 Å². The lowest BCUT2D eigenvalue weighted by Gasteiger charge is -2.16. The number of nitrogens with zero attached hydrogens (tertiary/aromatic N) is 3. The second-order valence-electron chi connectivity index (χ2n) is 5.53. The number of aromatic nitrogens is 2. The van der Waals surface area contributed by atoms with Gasteiger partial charge in [-0.05, 0) is 45.4 Å². The molecule has 1 N–H and O–H groups in total. The number of nitrogens with one attached hydrogen (secondary N) is 1. The molecule has 0 atom stereocenters. The summed E-state index contributed by atoms with van der Waals surface area (Å²) in [5.41, 5.74) is 2.38. The third kappa shape index (κ3) is 5.37. The van der Waals surface area contributed by atoms with E-state index in [1.165, 1.54) is 5.56 Å². The van der Waals surface area contributed by atoms with E-state index < -0.39 is 0 Å². The molecule has 2 rings (SSSR count). The van der Waals surface area contributed by atoms with Crippen molar-refractivity contribution < 1.29 is 0 Å². The van der Waals surface area contributed by atoms with Crippen LogP contribution >= 0.6 is 27.3 Å². The molecule has 0 bridgehead atoms. The van der Waals surface area contributed by atoms with E-state index in [-0.39, 0.29) is 0 Å². The highest BCUT2D eigenvalue weighted by Gasteiger charge is 2.07. The number of rotatable bonds is 7. The zero-order chi connectivity index (χ0) is 15.2. The Kier molecular flexibility index (Phi) is 6.14. The predicted molar refractivity (Wildman–Crippen MR) is 92.7 cm³/mol. The van der Waals surface area contributed by atoms with Gasteiger partial charge >= 0.3 is 0 Å². The quantitative estimate of drug-likeness (QED) is 0.808. The van der Waals surface area contributed by atoms with Crippen LogP contribution < -0.4 is 10.2 Å². The molecule has 2 heterocycles. The Bertz CT molecular complexity index is 553. The molecule has 2 aromatic heterocycles. The normalized spacial score (nSPS) is 11.1. The van der Waals surface area contributed by atoms with Gasteiger partial charge in [-0.1, -0.05) is 13.8 Å². The molecule has 0 radical (unpaired) electrons. The molecule has 0 saturated carbocycles. The number of hydrogen-bond donors (Lipinski definition) is 1. The largest absolute Gasteiger partial charge is 0.340 e. The molecule has 0 aromatic carbocycles. The van der Waals surface area contributed by atoms with Gasteiger partial charge in [0.15, 0.2) is 0 Å². The highest BCUT2D eigenvalue weighted by atomic mass is 79.9.